The van der Waals surface area contributed by atoms with E-state index >= 15 is 0 Å². The van der Waals surface area contributed by atoms with Gasteiger partial charge in [0.2, 0.25) is 5.91 Å². The van der Waals surface area contributed by atoms with Crippen molar-refractivity contribution < 1.29 is 14.3 Å². The maximum absolute atomic E-state index is 11.8. The number of hydrogen-bond acceptors (Lipinski definition) is 4. The molecule has 0 heterocycles. The van der Waals surface area contributed by atoms with Crippen molar-refractivity contribution in [1.82, 2.24) is 10.6 Å². The summed E-state index contributed by atoms with van der Waals surface area (Å²) in [6.07, 6.45) is 0.655. The van der Waals surface area contributed by atoms with E-state index in [0.29, 0.717) is 36.2 Å². The molecular weight excluding hydrogens is 375 g/mol. The van der Waals surface area contributed by atoms with Crippen molar-refractivity contribution in [2.75, 3.05) is 33.4 Å². The lowest BCUT2D eigenvalue weighted by Gasteiger charge is -2.09. The smallest absolute Gasteiger partial charge is 0.233 e. The summed E-state index contributed by atoms with van der Waals surface area (Å²) in [6.45, 7) is 1.80. The van der Waals surface area contributed by atoms with Crippen molar-refractivity contribution in [3.8, 4) is 11.5 Å². The quantitative estimate of drug-likeness (QED) is 0.604. The van der Waals surface area contributed by atoms with E-state index in [-0.39, 0.29) is 12.5 Å². The second-order valence-corrected chi connectivity index (χ2v) is 6.38. The van der Waals surface area contributed by atoms with Crippen LogP contribution in [-0.4, -0.2) is 39.3 Å². The van der Waals surface area contributed by atoms with Crippen LogP contribution >= 0.6 is 23.2 Å². The molecule has 1 amide bonds. The summed E-state index contributed by atoms with van der Waals surface area (Å²) < 4.78 is 10.7. The molecule has 0 fully saturated rings. The highest BCUT2D eigenvalue weighted by Crippen LogP contribution is 2.21. The monoisotopic (exact) mass is 396 g/mol. The zero-order valence-corrected chi connectivity index (χ0v) is 16.1. The lowest BCUT2D eigenvalue weighted by atomic mass is 10.1. The molecule has 2 rings (SSSR count). The number of methoxy groups -OCH3 is 1. The maximum atomic E-state index is 11.8. The van der Waals surface area contributed by atoms with Crippen molar-refractivity contribution in [1.29, 1.82) is 0 Å². The molecule has 0 unspecified atom stereocenters. The van der Waals surface area contributed by atoms with Gasteiger partial charge in [0.15, 0.2) is 0 Å². The van der Waals surface area contributed by atoms with Crippen molar-refractivity contribution in [3.63, 3.8) is 0 Å². The van der Waals surface area contributed by atoms with Crippen LogP contribution in [0.1, 0.15) is 5.56 Å². The fraction of sp³-hybridized carbons (Fsp3) is 0.316. The Morgan fingerprint density at radius 2 is 1.77 bits per heavy atom. The Hall–Kier alpha value is -1.95. The van der Waals surface area contributed by atoms with Gasteiger partial charge in [-0.3, -0.25) is 4.79 Å². The first-order valence-electron chi connectivity index (χ1n) is 8.26. The molecule has 0 radical (unpaired) electrons. The molecule has 0 saturated carbocycles. The second kappa shape index (κ2) is 10.9. The third kappa shape index (κ3) is 7.12. The van der Waals surface area contributed by atoms with Gasteiger partial charge in [0.25, 0.3) is 0 Å². The molecule has 0 saturated heterocycles. The predicted molar refractivity (Wildman–Crippen MR) is 105 cm³/mol. The van der Waals surface area contributed by atoms with Crippen LogP contribution in [0.4, 0.5) is 0 Å². The number of nitrogens with one attached hydrogen (secondary N) is 2. The highest BCUT2D eigenvalue weighted by molar-refractivity contribution is 6.35. The predicted octanol–water partition coefficient (Wildman–Crippen LogP) is 3.33. The number of carbonyl (C=O) groups is 1. The SMILES string of the molecule is COc1ccc(OCCNCC(=O)NCCc2ccc(Cl)cc2Cl)cc1. The molecule has 0 spiro atoms. The van der Waals surface area contributed by atoms with Gasteiger partial charge in [-0.2, -0.15) is 0 Å². The van der Waals surface area contributed by atoms with Gasteiger partial charge in [-0.15, -0.1) is 0 Å². The molecule has 7 heteroatoms. The number of ether oxygens (including phenoxy) is 2. The molecule has 2 aromatic carbocycles. The second-order valence-electron chi connectivity index (χ2n) is 5.54. The van der Waals surface area contributed by atoms with Crippen LogP contribution in [0, 0.1) is 0 Å². The average Bonchev–Trinajstić information content (AvgIpc) is 2.64. The minimum absolute atomic E-state index is 0.0699. The third-order valence-corrected chi connectivity index (χ3v) is 4.21. The molecule has 0 aliphatic rings. The van der Waals surface area contributed by atoms with E-state index in [9.17, 15) is 4.79 Å². The van der Waals surface area contributed by atoms with Gasteiger partial charge in [0, 0.05) is 23.1 Å². The van der Waals surface area contributed by atoms with Crippen molar-refractivity contribution >= 4 is 29.1 Å². The van der Waals surface area contributed by atoms with Crippen LogP contribution in [0.5, 0.6) is 11.5 Å². The number of halogens is 2. The van der Waals surface area contributed by atoms with Gasteiger partial charge in [0.05, 0.1) is 13.7 Å². The van der Waals surface area contributed by atoms with Crippen LogP contribution in [0.15, 0.2) is 42.5 Å². The summed E-state index contributed by atoms with van der Waals surface area (Å²) in [5, 5.41) is 7.10. The molecular formula is C19H22Cl2N2O3. The summed E-state index contributed by atoms with van der Waals surface area (Å²) in [7, 11) is 1.62. The largest absolute Gasteiger partial charge is 0.497 e. The van der Waals surface area contributed by atoms with Crippen LogP contribution in [-0.2, 0) is 11.2 Å². The molecule has 0 aliphatic carbocycles. The summed E-state index contributed by atoms with van der Waals surface area (Å²) in [5.41, 5.74) is 0.956. The van der Waals surface area contributed by atoms with Gasteiger partial charge in [-0.05, 0) is 48.4 Å². The van der Waals surface area contributed by atoms with Crippen molar-refractivity contribution in [2.24, 2.45) is 0 Å². The molecule has 26 heavy (non-hydrogen) atoms. The molecule has 0 aliphatic heterocycles. The topological polar surface area (TPSA) is 59.6 Å². The lowest BCUT2D eigenvalue weighted by molar-refractivity contribution is -0.120. The van der Waals surface area contributed by atoms with Gasteiger partial charge >= 0.3 is 0 Å². The first-order chi connectivity index (χ1) is 12.6. The Labute approximate surface area is 163 Å². The fourth-order valence-electron chi connectivity index (χ4n) is 2.24. The number of benzene rings is 2. The Balaban J connectivity index is 1.55. The highest BCUT2D eigenvalue weighted by atomic mass is 35.5. The Morgan fingerprint density at radius 3 is 2.46 bits per heavy atom. The fourth-order valence-corrected chi connectivity index (χ4v) is 2.74. The average molecular weight is 397 g/mol. The number of hydrogen-bond donors (Lipinski definition) is 2. The van der Waals surface area contributed by atoms with Crippen LogP contribution in [0.3, 0.4) is 0 Å². The summed E-state index contributed by atoms with van der Waals surface area (Å²) in [6, 6.07) is 12.7. The number of rotatable bonds is 10. The van der Waals surface area contributed by atoms with E-state index in [1.807, 2.05) is 30.3 Å². The van der Waals surface area contributed by atoms with Gasteiger partial charge in [0.1, 0.15) is 18.1 Å². The van der Waals surface area contributed by atoms with Crippen molar-refractivity contribution in [2.45, 2.75) is 6.42 Å². The molecule has 140 valence electrons. The molecule has 5 nitrogen and oxygen atoms in total. The number of carbonyl (C=O) groups excluding carboxylic acids is 1. The van der Waals surface area contributed by atoms with E-state index in [2.05, 4.69) is 10.6 Å². The van der Waals surface area contributed by atoms with E-state index in [1.54, 1.807) is 19.2 Å². The standard InChI is InChI=1S/C19H22Cl2N2O3/c1-25-16-4-6-17(7-5-16)26-11-10-22-13-19(24)23-9-8-14-2-3-15(20)12-18(14)21/h2-7,12,22H,8-11,13H2,1H3,(H,23,24). The lowest BCUT2D eigenvalue weighted by Crippen LogP contribution is -2.36. The van der Waals surface area contributed by atoms with Crippen LogP contribution < -0.4 is 20.1 Å². The first kappa shape index (κ1) is 20.4. The molecule has 0 atom stereocenters. The van der Waals surface area contributed by atoms with Crippen molar-refractivity contribution in [3.05, 3.63) is 58.1 Å². The van der Waals surface area contributed by atoms with Crippen LogP contribution in [0.25, 0.3) is 0 Å². The minimum Gasteiger partial charge on any atom is -0.497 e. The third-order valence-electron chi connectivity index (χ3n) is 3.62. The zero-order chi connectivity index (χ0) is 18.8. The van der Waals surface area contributed by atoms with E-state index in [1.165, 1.54) is 0 Å². The molecule has 2 aromatic rings. The zero-order valence-electron chi connectivity index (χ0n) is 14.6. The Morgan fingerprint density at radius 1 is 1.04 bits per heavy atom. The highest BCUT2D eigenvalue weighted by Gasteiger charge is 2.04. The van der Waals surface area contributed by atoms with E-state index in [0.717, 1.165) is 17.1 Å². The van der Waals surface area contributed by atoms with E-state index in [4.69, 9.17) is 32.7 Å². The summed E-state index contributed by atoms with van der Waals surface area (Å²) in [4.78, 5) is 11.8. The maximum Gasteiger partial charge on any atom is 0.233 e. The molecule has 0 bridgehead atoms. The minimum atomic E-state index is -0.0699. The molecule has 2 N–H and O–H groups in total. The van der Waals surface area contributed by atoms with Gasteiger partial charge in [-0.25, -0.2) is 0 Å². The summed E-state index contributed by atoms with van der Waals surface area (Å²) >= 11 is 12.0. The normalized spacial score (nSPS) is 10.4. The van der Waals surface area contributed by atoms with Gasteiger partial charge in [-0.1, -0.05) is 29.3 Å². The summed E-state index contributed by atoms with van der Waals surface area (Å²) in [5.74, 6) is 1.48. The Kier molecular flexibility index (Phi) is 8.54. The number of amides is 1. The van der Waals surface area contributed by atoms with Crippen LogP contribution in [0.2, 0.25) is 10.0 Å². The molecule has 0 aromatic heterocycles. The van der Waals surface area contributed by atoms with Gasteiger partial charge < -0.3 is 20.1 Å². The first-order valence-corrected chi connectivity index (χ1v) is 9.02. The Bertz CT molecular complexity index is 708. The van der Waals surface area contributed by atoms with E-state index < -0.39 is 0 Å².